The van der Waals surface area contributed by atoms with Gasteiger partial charge < -0.3 is 15.9 Å². The summed E-state index contributed by atoms with van der Waals surface area (Å²) in [5.74, 6) is -1.67. The highest BCUT2D eigenvalue weighted by molar-refractivity contribution is 5.63. The fourth-order valence-corrected chi connectivity index (χ4v) is 0.925. The molecule has 0 bridgehead atoms. The maximum Gasteiger partial charge on any atom is 0.300 e. The molecule has 0 heterocycles. The maximum absolute atomic E-state index is 9.00. The molecule has 0 saturated carbocycles. The average Bonchev–Trinajstić information content (AvgIpc) is 2.16. The number of hydrogen-bond acceptors (Lipinski definition) is 3. The van der Waals surface area contributed by atoms with E-state index in [2.05, 4.69) is 6.92 Å². The minimum Gasteiger partial charge on any atom is -0.481 e. The van der Waals surface area contributed by atoms with Gasteiger partial charge in [0.1, 0.15) is 0 Å². The number of carboxylic acids is 2. The van der Waals surface area contributed by atoms with Crippen molar-refractivity contribution in [1.29, 1.82) is 0 Å². The van der Waals surface area contributed by atoms with Gasteiger partial charge in [-0.2, -0.15) is 0 Å². The van der Waals surface area contributed by atoms with Crippen LogP contribution in [0.2, 0.25) is 0 Å². The van der Waals surface area contributed by atoms with Crippen molar-refractivity contribution in [1.82, 2.24) is 0 Å². The summed E-state index contributed by atoms with van der Waals surface area (Å²) in [6, 6.07) is 0. The smallest absolute Gasteiger partial charge is 0.300 e. The number of aliphatic carboxylic acids is 2. The van der Waals surface area contributed by atoms with Crippen LogP contribution in [0.25, 0.3) is 0 Å². The molecule has 0 rings (SSSR count). The number of carboxylic acid groups (broad SMARTS) is 2. The zero-order valence-corrected chi connectivity index (χ0v) is 11.2. The summed E-state index contributed by atoms with van der Waals surface area (Å²) in [5.41, 5.74) is 5.34. The third kappa shape index (κ3) is 103. The van der Waals surface area contributed by atoms with Gasteiger partial charge in [-0.25, -0.2) is 0 Å². The molecule has 0 aliphatic rings. The Bertz CT molecular complexity index is 146. The molecule has 17 heavy (non-hydrogen) atoms. The second-order valence-electron chi connectivity index (χ2n) is 3.59. The Kier molecular flexibility index (Phi) is 25.4. The van der Waals surface area contributed by atoms with Crippen LogP contribution in [0.4, 0.5) is 0 Å². The van der Waals surface area contributed by atoms with Crippen LogP contribution in [0, 0.1) is 0 Å². The normalized spacial score (nSPS) is 8.24. The molecule has 5 nitrogen and oxygen atoms in total. The SMILES string of the molecule is CC(=O)O.CC(=O)O.CCCCCCCCN. The highest BCUT2D eigenvalue weighted by Gasteiger charge is 1.85. The Morgan fingerprint density at radius 1 is 0.882 bits per heavy atom. The largest absolute Gasteiger partial charge is 0.481 e. The van der Waals surface area contributed by atoms with Gasteiger partial charge in [0.2, 0.25) is 0 Å². The Balaban J connectivity index is -0.000000205. The Morgan fingerprint density at radius 2 is 1.18 bits per heavy atom. The minimum atomic E-state index is -0.833. The third-order valence-corrected chi connectivity index (χ3v) is 1.56. The quantitative estimate of drug-likeness (QED) is 0.628. The van der Waals surface area contributed by atoms with Gasteiger partial charge in [-0.1, -0.05) is 39.0 Å². The number of unbranched alkanes of at least 4 members (excludes halogenated alkanes) is 5. The first-order chi connectivity index (χ1) is 7.88. The topological polar surface area (TPSA) is 101 Å². The third-order valence-electron chi connectivity index (χ3n) is 1.56. The molecule has 0 radical (unpaired) electrons. The van der Waals surface area contributed by atoms with Gasteiger partial charge in [-0.15, -0.1) is 0 Å². The van der Waals surface area contributed by atoms with Gasteiger partial charge in [0.05, 0.1) is 0 Å². The first-order valence-electron chi connectivity index (χ1n) is 5.97. The summed E-state index contributed by atoms with van der Waals surface area (Å²) in [4.78, 5) is 18.0. The zero-order chi connectivity index (χ0) is 14.1. The van der Waals surface area contributed by atoms with E-state index in [1.807, 2.05) is 0 Å². The van der Waals surface area contributed by atoms with Crippen LogP contribution in [0.1, 0.15) is 59.3 Å². The molecule has 0 aliphatic carbocycles. The van der Waals surface area contributed by atoms with E-state index in [9.17, 15) is 0 Å². The molecule has 0 saturated heterocycles. The van der Waals surface area contributed by atoms with Crippen LogP contribution < -0.4 is 5.73 Å². The Labute approximate surface area is 104 Å². The van der Waals surface area contributed by atoms with Crippen LogP contribution in [-0.4, -0.2) is 28.7 Å². The van der Waals surface area contributed by atoms with Crippen LogP contribution in [0.5, 0.6) is 0 Å². The first kappa shape index (κ1) is 21.2. The van der Waals surface area contributed by atoms with E-state index in [0.717, 1.165) is 20.4 Å². The van der Waals surface area contributed by atoms with Crippen molar-refractivity contribution in [3.63, 3.8) is 0 Å². The lowest BCUT2D eigenvalue weighted by atomic mass is 10.1. The second kappa shape index (κ2) is 20.3. The van der Waals surface area contributed by atoms with Gasteiger partial charge in [0.15, 0.2) is 0 Å². The average molecular weight is 249 g/mol. The molecule has 104 valence electrons. The molecule has 4 N–H and O–H groups in total. The van der Waals surface area contributed by atoms with Gasteiger partial charge >= 0.3 is 0 Å². The monoisotopic (exact) mass is 249 g/mol. The summed E-state index contributed by atoms with van der Waals surface area (Å²) < 4.78 is 0. The fraction of sp³-hybridized carbons (Fsp3) is 0.833. The summed E-state index contributed by atoms with van der Waals surface area (Å²) in [6.07, 6.45) is 8.05. The molecule has 0 spiro atoms. The van der Waals surface area contributed by atoms with Crippen molar-refractivity contribution in [2.24, 2.45) is 5.73 Å². The minimum absolute atomic E-state index is 0.833. The molecule has 0 aromatic carbocycles. The van der Waals surface area contributed by atoms with Gasteiger partial charge in [-0.3, -0.25) is 9.59 Å². The molecular weight excluding hydrogens is 222 g/mol. The number of carbonyl (C=O) groups is 2. The molecule has 0 fully saturated rings. The van der Waals surface area contributed by atoms with Gasteiger partial charge in [0, 0.05) is 13.8 Å². The lowest BCUT2D eigenvalue weighted by Gasteiger charge is -1.96. The van der Waals surface area contributed by atoms with E-state index in [-0.39, 0.29) is 0 Å². The Hall–Kier alpha value is -1.10. The lowest BCUT2D eigenvalue weighted by Crippen LogP contribution is -1.97. The molecule has 0 aromatic heterocycles. The molecule has 0 aromatic rings. The fourth-order valence-electron chi connectivity index (χ4n) is 0.925. The summed E-state index contributed by atoms with van der Waals surface area (Å²) in [6.45, 7) is 5.27. The van der Waals surface area contributed by atoms with E-state index in [4.69, 9.17) is 25.5 Å². The molecule has 0 aliphatic heterocycles. The molecular formula is C12H27NO4. The summed E-state index contributed by atoms with van der Waals surface area (Å²) >= 11 is 0. The van der Waals surface area contributed by atoms with Gasteiger partial charge in [0.25, 0.3) is 11.9 Å². The van der Waals surface area contributed by atoms with Crippen molar-refractivity contribution in [3.8, 4) is 0 Å². The van der Waals surface area contributed by atoms with E-state index in [1.165, 1.54) is 38.5 Å². The maximum atomic E-state index is 9.00. The number of nitrogens with two attached hydrogens (primary N) is 1. The van der Waals surface area contributed by atoms with Crippen LogP contribution in [0.15, 0.2) is 0 Å². The molecule has 0 atom stereocenters. The standard InChI is InChI=1S/C8H19N.2C2H4O2/c1-2-3-4-5-6-7-8-9;2*1-2(3)4/h2-9H2,1H3;2*1H3,(H,3,4). The molecule has 0 amide bonds. The number of rotatable bonds is 6. The Morgan fingerprint density at radius 3 is 1.47 bits per heavy atom. The van der Waals surface area contributed by atoms with Crippen molar-refractivity contribution < 1.29 is 19.8 Å². The van der Waals surface area contributed by atoms with Crippen molar-refractivity contribution in [2.75, 3.05) is 6.54 Å². The van der Waals surface area contributed by atoms with E-state index in [1.54, 1.807) is 0 Å². The lowest BCUT2D eigenvalue weighted by molar-refractivity contribution is -0.135. The van der Waals surface area contributed by atoms with Crippen molar-refractivity contribution in [3.05, 3.63) is 0 Å². The number of hydrogen-bond donors (Lipinski definition) is 3. The zero-order valence-electron chi connectivity index (χ0n) is 11.2. The van der Waals surface area contributed by atoms with Crippen LogP contribution in [0.3, 0.4) is 0 Å². The van der Waals surface area contributed by atoms with Crippen molar-refractivity contribution >= 4 is 11.9 Å². The predicted molar refractivity (Wildman–Crippen MR) is 69.1 cm³/mol. The van der Waals surface area contributed by atoms with E-state index < -0.39 is 11.9 Å². The molecule has 5 heteroatoms. The summed E-state index contributed by atoms with van der Waals surface area (Å²) in [5, 5.41) is 14.8. The van der Waals surface area contributed by atoms with E-state index >= 15 is 0 Å². The summed E-state index contributed by atoms with van der Waals surface area (Å²) in [7, 11) is 0. The highest BCUT2D eigenvalue weighted by Crippen LogP contribution is 2.03. The van der Waals surface area contributed by atoms with Crippen LogP contribution >= 0.6 is 0 Å². The first-order valence-corrected chi connectivity index (χ1v) is 5.97. The van der Waals surface area contributed by atoms with E-state index in [0.29, 0.717) is 0 Å². The van der Waals surface area contributed by atoms with Crippen molar-refractivity contribution in [2.45, 2.75) is 59.3 Å². The molecule has 0 unspecified atom stereocenters. The second-order valence-corrected chi connectivity index (χ2v) is 3.59. The predicted octanol–water partition coefficient (Wildman–Crippen LogP) is 2.49. The highest BCUT2D eigenvalue weighted by atomic mass is 16.4. The van der Waals surface area contributed by atoms with Gasteiger partial charge in [-0.05, 0) is 13.0 Å². The van der Waals surface area contributed by atoms with Crippen LogP contribution in [-0.2, 0) is 9.59 Å².